The van der Waals surface area contributed by atoms with Crippen molar-refractivity contribution in [1.29, 1.82) is 0 Å². The maximum Gasteiger partial charge on any atom is 0.252 e. The minimum Gasteiger partial charge on any atom is -0.311 e. The van der Waals surface area contributed by atoms with E-state index in [2.05, 4.69) is 199 Å². The first-order valence-electron chi connectivity index (χ1n) is 18.0. The Morgan fingerprint density at radius 3 is 1.67 bits per heavy atom. The second-order valence-corrected chi connectivity index (χ2v) is 15.1. The molecule has 2 heterocycles. The molecule has 3 nitrogen and oxygen atoms in total. The molecule has 7 aromatic carbocycles. The molecule has 244 valence electrons. The minimum atomic E-state index is 0.0668. The van der Waals surface area contributed by atoms with Crippen molar-refractivity contribution < 1.29 is 0 Å². The summed E-state index contributed by atoms with van der Waals surface area (Å²) in [4.78, 5) is 7.40. The van der Waals surface area contributed by atoms with Crippen LogP contribution in [0.3, 0.4) is 0 Å². The third kappa shape index (κ3) is 4.67. The number of hydrogen-bond acceptors (Lipinski definition) is 3. The zero-order chi connectivity index (χ0) is 34.3. The highest BCUT2D eigenvalue weighted by atomic mass is 15.2. The lowest BCUT2D eigenvalue weighted by Gasteiger charge is -2.46. The van der Waals surface area contributed by atoms with Crippen LogP contribution in [-0.4, -0.2) is 6.71 Å². The van der Waals surface area contributed by atoms with Crippen LogP contribution >= 0.6 is 0 Å². The summed E-state index contributed by atoms with van der Waals surface area (Å²) >= 11 is 0. The van der Waals surface area contributed by atoms with Crippen LogP contribution in [0.5, 0.6) is 0 Å². The van der Waals surface area contributed by atoms with Crippen molar-refractivity contribution in [2.24, 2.45) is 0 Å². The zero-order valence-electron chi connectivity index (χ0n) is 29.2. The SMILES string of the molecule is CC(C)(C)c1ccc(N2c3cc(N(c4ccccc4)c4ccccc4)ccc3B3c4c5cc(cc4N(c4ccccc4)c4cccc2c43)C5)cc1. The van der Waals surface area contributed by atoms with Gasteiger partial charge in [-0.1, -0.05) is 106 Å². The first kappa shape index (κ1) is 29.9. The Hall–Kier alpha value is -6.00. The van der Waals surface area contributed by atoms with E-state index in [-0.39, 0.29) is 12.1 Å². The van der Waals surface area contributed by atoms with E-state index in [4.69, 9.17) is 0 Å². The van der Waals surface area contributed by atoms with Crippen molar-refractivity contribution >= 4 is 74.3 Å². The largest absolute Gasteiger partial charge is 0.311 e. The van der Waals surface area contributed by atoms with Crippen LogP contribution in [0.2, 0.25) is 0 Å². The summed E-state index contributed by atoms with van der Waals surface area (Å²) in [6.07, 6.45) is 1.04. The van der Waals surface area contributed by atoms with Gasteiger partial charge in [-0.15, -0.1) is 0 Å². The van der Waals surface area contributed by atoms with E-state index in [1.807, 2.05) is 0 Å². The van der Waals surface area contributed by atoms with E-state index in [1.165, 1.54) is 67.2 Å². The highest BCUT2D eigenvalue weighted by Crippen LogP contribution is 2.47. The van der Waals surface area contributed by atoms with E-state index in [0.717, 1.165) is 23.5 Å². The molecule has 0 radical (unpaired) electrons. The lowest BCUT2D eigenvalue weighted by Crippen LogP contribution is -2.62. The van der Waals surface area contributed by atoms with Crippen molar-refractivity contribution in [3.63, 3.8) is 0 Å². The van der Waals surface area contributed by atoms with Gasteiger partial charge < -0.3 is 14.7 Å². The van der Waals surface area contributed by atoms with E-state index in [9.17, 15) is 0 Å². The highest BCUT2D eigenvalue weighted by Gasteiger charge is 2.45. The molecule has 0 fully saturated rings. The Morgan fingerprint density at radius 2 is 1.06 bits per heavy atom. The smallest absolute Gasteiger partial charge is 0.252 e. The van der Waals surface area contributed by atoms with Gasteiger partial charge in [0.05, 0.1) is 0 Å². The van der Waals surface area contributed by atoms with Crippen molar-refractivity contribution in [2.75, 3.05) is 14.7 Å². The van der Waals surface area contributed by atoms with E-state index in [1.54, 1.807) is 0 Å². The van der Waals surface area contributed by atoms with Crippen LogP contribution in [0.15, 0.2) is 164 Å². The molecule has 0 aromatic heterocycles. The van der Waals surface area contributed by atoms with Crippen LogP contribution in [-0.2, 0) is 11.8 Å². The zero-order valence-corrected chi connectivity index (χ0v) is 29.2. The van der Waals surface area contributed by atoms with Crippen LogP contribution in [0.1, 0.15) is 37.5 Å². The van der Waals surface area contributed by atoms with Crippen molar-refractivity contribution in [3.05, 3.63) is 180 Å². The predicted octanol–water partition coefficient (Wildman–Crippen LogP) is 10.4. The number of para-hydroxylation sites is 3. The Labute approximate surface area is 301 Å². The van der Waals surface area contributed by atoms with Gasteiger partial charge in [0.25, 0.3) is 6.71 Å². The summed E-state index contributed by atoms with van der Waals surface area (Å²) < 4.78 is 0. The van der Waals surface area contributed by atoms with Gasteiger partial charge in [-0.2, -0.15) is 0 Å². The molecular weight excluding hydrogens is 617 g/mol. The molecule has 0 spiro atoms. The summed E-state index contributed by atoms with van der Waals surface area (Å²) in [5, 5.41) is 0. The van der Waals surface area contributed by atoms with E-state index >= 15 is 0 Å². The fourth-order valence-electron chi connectivity index (χ4n) is 8.51. The number of fused-ring (bicyclic) bond motifs is 2. The average molecular weight is 656 g/mol. The average Bonchev–Trinajstić information content (AvgIpc) is 3.15. The second-order valence-electron chi connectivity index (χ2n) is 15.1. The highest BCUT2D eigenvalue weighted by molar-refractivity contribution is 7.00. The molecule has 2 bridgehead atoms. The summed E-state index contributed by atoms with van der Waals surface area (Å²) in [6.45, 7) is 6.97. The predicted molar refractivity (Wildman–Crippen MR) is 217 cm³/mol. The van der Waals surface area contributed by atoms with Gasteiger partial charge in [-0.05, 0) is 124 Å². The van der Waals surface area contributed by atoms with Crippen LogP contribution in [0.4, 0.5) is 51.2 Å². The first-order valence-corrected chi connectivity index (χ1v) is 18.0. The van der Waals surface area contributed by atoms with Crippen molar-refractivity contribution in [2.45, 2.75) is 32.6 Å². The van der Waals surface area contributed by atoms with Crippen LogP contribution in [0, 0.1) is 0 Å². The quantitative estimate of drug-likeness (QED) is 0.171. The maximum absolute atomic E-state index is 2.52. The molecule has 7 aromatic rings. The monoisotopic (exact) mass is 655 g/mol. The van der Waals surface area contributed by atoms with Gasteiger partial charge >= 0.3 is 0 Å². The number of anilines is 9. The van der Waals surface area contributed by atoms with Gasteiger partial charge in [-0.3, -0.25) is 0 Å². The lowest BCUT2D eigenvalue weighted by atomic mass is 9.32. The molecule has 0 N–H and O–H groups in total. The third-order valence-electron chi connectivity index (χ3n) is 10.9. The molecule has 51 heavy (non-hydrogen) atoms. The number of hydrogen-bond donors (Lipinski definition) is 0. The van der Waals surface area contributed by atoms with Gasteiger partial charge in [0.1, 0.15) is 0 Å². The fraction of sp³-hybridized carbons (Fsp3) is 0.106. The standard InChI is InChI=1S/C47H38BN3/c1-47(2,3)34-22-24-38(25-23-34)50-41-20-13-21-42-46(41)48(45-33-28-32(29-33)30-44(45)51(42)37-18-11-6-12-19-37)40-27-26-39(31-43(40)50)49(35-14-7-4-8-15-35)36-16-9-5-10-17-36/h4-28,30-31H,29H2,1-3H3. The fourth-order valence-corrected chi connectivity index (χ4v) is 8.51. The summed E-state index contributed by atoms with van der Waals surface area (Å²) in [7, 11) is 0. The summed E-state index contributed by atoms with van der Waals surface area (Å²) in [6, 6.07) is 60.5. The van der Waals surface area contributed by atoms with Gasteiger partial charge in [0, 0.05) is 51.2 Å². The maximum atomic E-state index is 2.52. The second kappa shape index (κ2) is 11.3. The molecule has 2 aliphatic heterocycles. The van der Waals surface area contributed by atoms with E-state index in [0.29, 0.717) is 0 Å². The number of rotatable bonds is 5. The number of benzene rings is 7. The molecule has 0 saturated heterocycles. The number of nitrogens with zero attached hydrogens (tertiary/aromatic N) is 3. The molecule has 0 amide bonds. The van der Waals surface area contributed by atoms with Crippen LogP contribution < -0.4 is 31.1 Å². The topological polar surface area (TPSA) is 9.72 Å². The Morgan fingerprint density at radius 1 is 0.490 bits per heavy atom. The molecule has 0 unspecified atom stereocenters. The molecule has 4 heteroatoms. The van der Waals surface area contributed by atoms with Gasteiger partial charge in [0.2, 0.25) is 0 Å². The Bertz CT molecular complexity index is 2390. The molecule has 0 saturated carbocycles. The first-order chi connectivity index (χ1) is 24.9. The molecule has 4 aliphatic rings. The lowest BCUT2D eigenvalue weighted by molar-refractivity contribution is 0.590. The van der Waals surface area contributed by atoms with Gasteiger partial charge in [0.15, 0.2) is 0 Å². The summed E-state index contributed by atoms with van der Waals surface area (Å²) in [5.74, 6) is 0. The molecule has 11 rings (SSSR count). The Balaban J connectivity index is 1.25. The molecule has 0 atom stereocenters. The summed E-state index contributed by atoms with van der Waals surface area (Å²) in [5.41, 5.74) is 19.2. The van der Waals surface area contributed by atoms with Crippen LogP contribution in [0.25, 0.3) is 0 Å². The van der Waals surface area contributed by atoms with Crippen molar-refractivity contribution in [1.82, 2.24) is 0 Å². The Kier molecular flexibility index (Phi) is 6.60. The normalized spacial score (nSPS) is 13.6. The third-order valence-corrected chi connectivity index (χ3v) is 10.9. The van der Waals surface area contributed by atoms with Crippen molar-refractivity contribution in [3.8, 4) is 0 Å². The van der Waals surface area contributed by atoms with E-state index < -0.39 is 0 Å². The molecule has 2 aliphatic carbocycles. The van der Waals surface area contributed by atoms with Gasteiger partial charge in [-0.25, -0.2) is 0 Å². The molecular formula is C47H38BN3. The minimum absolute atomic E-state index is 0.0668.